The summed E-state index contributed by atoms with van der Waals surface area (Å²) in [6, 6.07) is 5.68. The van der Waals surface area contributed by atoms with Crippen molar-refractivity contribution in [2.45, 2.75) is 20.4 Å². The zero-order chi connectivity index (χ0) is 19.6. The van der Waals surface area contributed by atoms with Crippen molar-refractivity contribution in [1.82, 2.24) is 14.8 Å². The van der Waals surface area contributed by atoms with E-state index in [2.05, 4.69) is 36.1 Å². The number of carbonyl (C=O) groups is 1. The number of rotatable bonds is 8. The Balaban J connectivity index is 2.08. The van der Waals surface area contributed by atoms with Crippen LogP contribution in [0.1, 0.15) is 34.2 Å². The molecule has 0 atom stereocenters. The lowest BCUT2D eigenvalue weighted by molar-refractivity contribution is 0.0689. The van der Waals surface area contributed by atoms with Gasteiger partial charge >= 0.3 is 5.97 Å². The van der Waals surface area contributed by atoms with Gasteiger partial charge in [0.15, 0.2) is 10.8 Å². The first-order chi connectivity index (χ1) is 13.0. The van der Waals surface area contributed by atoms with Gasteiger partial charge in [0, 0.05) is 24.3 Å². The van der Waals surface area contributed by atoms with Gasteiger partial charge in [0.05, 0.1) is 16.8 Å². The molecule has 3 rings (SSSR count). The highest BCUT2D eigenvalue weighted by Gasteiger charge is 2.16. The second kappa shape index (κ2) is 7.75. The van der Waals surface area contributed by atoms with Crippen molar-refractivity contribution >= 4 is 38.7 Å². The Morgan fingerprint density at radius 3 is 2.74 bits per heavy atom. The number of likely N-dealkylation sites (N-methyl/N-ethyl adjacent to an activating group) is 1. The molecule has 140 valence electrons. The molecule has 0 amide bonds. The van der Waals surface area contributed by atoms with Crippen LogP contribution in [0.2, 0.25) is 0 Å². The normalized spacial score (nSPS) is 10.9. The molecule has 0 radical (unpaired) electrons. The van der Waals surface area contributed by atoms with Gasteiger partial charge in [-0.1, -0.05) is 30.1 Å². The molecule has 0 saturated heterocycles. The van der Waals surface area contributed by atoms with Crippen molar-refractivity contribution in [2.24, 2.45) is 0 Å². The Bertz CT molecular complexity index is 1020. The number of aryl methyl sites for hydroxylation is 1. The fraction of sp³-hybridized carbons (Fsp3) is 0.250. The van der Waals surface area contributed by atoms with Crippen LogP contribution in [-0.4, -0.2) is 38.9 Å². The summed E-state index contributed by atoms with van der Waals surface area (Å²) >= 11 is 1.63. The van der Waals surface area contributed by atoms with Gasteiger partial charge in [-0.05, 0) is 37.6 Å². The van der Waals surface area contributed by atoms with Crippen molar-refractivity contribution < 1.29 is 9.90 Å². The van der Waals surface area contributed by atoms with Crippen molar-refractivity contribution in [3.05, 3.63) is 59.9 Å². The minimum atomic E-state index is -1.03. The molecule has 3 aromatic rings. The van der Waals surface area contributed by atoms with Crippen LogP contribution in [0.3, 0.4) is 0 Å². The first kappa shape index (κ1) is 18.8. The zero-order valence-corrected chi connectivity index (χ0v) is 16.3. The first-order valence-corrected chi connectivity index (χ1v) is 9.48. The molecular weight excluding hydrogens is 360 g/mol. The Morgan fingerprint density at radius 2 is 2.15 bits per heavy atom. The predicted octanol–water partition coefficient (Wildman–Crippen LogP) is 4.20. The van der Waals surface area contributed by atoms with E-state index in [-0.39, 0.29) is 5.69 Å². The smallest absolute Gasteiger partial charge is 0.356 e. The van der Waals surface area contributed by atoms with Crippen LogP contribution in [-0.2, 0) is 6.54 Å². The van der Waals surface area contributed by atoms with E-state index in [1.165, 1.54) is 0 Å². The van der Waals surface area contributed by atoms with Crippen LogP contribution in [0.25, 0.3) is 16.3 Å². The summed E-state index contributed by atoms with van der Waals surface area (Å²) in [5.41, 5.74) is 3.74. The summed E-state index contributed by atoms with van der Waals surface area (Å²) in [4.78, 5) is 18.2. The minimum absolute atomic E-state index is 0.0470. The van der Waals surface area contributed by atoms with Crippen molar-refractivity contribution in [3.8, 4) is 0 Å². The lowest BCUT2D eigenvalue weighted by Crippen LogP contribution is -2.22. The van der Waals surface area contributed by atoms with E-state index < -0.39 is 5.97 Å². The van der Waals surface area contributed by atoms with Crippen molar-refractivity contribution in [3.63, 3.8) is 0 Å². The molecule has 0 aliphatic heterocycles. The van der Waals surface area contributed by atoms with E-state index >= 15 is 0 Å². The van der Waals surface area contributed by atoms with Crippen molar-refractivity contribution in [1.29, 1.82) is 0 Å². The standard InChI is InChI=1S/C20H22N4O2S/c1-5-8-23(7-3)20-21-18-15(10-14(6-2)11-17(18)27-20)12-24-13(4)9-16(22-24)19(25)26/h5-6,9-11H,1-2,7-8,12H2,3-4H3,(H,25,26). The van der Waals surface area contributed by atoms with E-state index in [1.807, 2.05) is 25.1 Å². The van der Waals surface area contributed by atoms with Gasteiger partial charge in [-0.3, -0.25) is 4.68 Å². The van der Waals surface area contributed by atoms with Crippen LogP contribution < -0.4 is 4.90 Å². The summed E-state index contributed by atoms with van der Waals surface area (Å²) in [5.74, 6) is -1.03. The maximum absolute atomic E-state index is 11.2. The number of hydrogen-bond acceptors (Lipinski definition) is 5. The number of hydrogen-bond donors (Lipinski definition) is 1. The number of anilines is 1. The van der Waals surface area contributed by atoms with Crippen LogP contribution in [0.15, 0.2) is 37.4 Å². The summed E-state index contributed by atoms with van der Waals surface area (Å²) in [5, 5.41) is 14.3. The number of aromatic nitrogens is 3. The van der Waals surface area contributed by atoms with E-state index in [0.29, 0.717) is 6.54 Å². The van der Waals surface area contributed by atoms with E-state index in [0.717, 1.165) is 45.3 Å². The number of fused-ring (bicyclic) bond motifs is 1. The fourth-order valence-corrected chi connectivity index (χ4v) is 4.05. The third-order valence-electron chi connectivity index (χ3n) is 4.34. The molecule has 0 fully saturated rings. The predicted molar refractivity (Wildman–Crippen MR) is 111 cm³/mol. The molecule has 2 aromatic heterocycles. The Labute approximate surface area is 162 Å². The molecule has 0 aliphatic carbocycles. The van der Waals surface area contributed by atoms with Crippen LogP contribution in [0.5, 0.6) is 0 Å². The number of benzene rings is 1. The van der Waals surface area contributed by atoms with Crippen LogP contribution in [0, 0.1) is 6.92 Å². The molecule has 0 spiro atoms. The largest absolute Gasteiger partial charge is 0.476 e. The van der Waals surface area contributed by atoms with Gasteiger partial charge < -0.3 is 10.0 Å². The summed E-state index contributed by atoms with van der Waals surface area (Å²) in [6.45, 7) is 13.7. The lowest BCUT2D eigenvalue weighted by Gasteiger charge is -2.16. The number of aromatic carboxylic acids is 1. The van der Waals surface area contributed by atoms with Gasteiger partial charge in [-0.15, -0.1) is 6.58 Å². The second-order valence-electron chi connectivity index (χ2n) is 6.19. The monoisotopic (exact) mass is 382 g/mol. The molecule has 2 heterocycles. The van der Waals surface area contributed by atoms with E-state index in [1.54, 1.807) is 22.1 Å². The molecule has 1 aromatic carbocycles. The molecular formula is C20H22N4O2S. The number of carboxylic acid groups (broad SMARTS) is 1. The third kappa shape index (κ3) is 3.78. The summed E-state index contributed by atoms with van der Waals surface area (Å²) in [7, 11) is 0. The van der Waals surface area contributed by atoms with Crippen LogP contribution >= 0.6 is 11.3 Å². The van der Waals surface area contributed by atoms with Gasteiger partial charge in [-0.25, -0.2) is 9.78 Å². The average molecular weight is 382 g/mol. The van der Waals surface area contributed by atoms with Gasteiger partial charge in [0.25, 0.3) is 0 Å². The molecule has 1 N–H and O–H groups in total. The second-order valence-corrected chi connectivity index (χ2v) is 7.20. The molecule has 0 saturated carbocycles. The Kier molecular flexibility index (Phi) is 5.41. The van der Waals surface area contributed by atoms with Gasteiger partial charge in [0.2, 0.25) is 0 Å². The third-order valence-corrected chi connectivity index (χ3v) is 5.41. The molecule has 0 bridgehead atoms. The number of carboxylic acids is 1. The van der Waals surface area contributed by atoms with E-state index in [9.17, 15) is 9.90 Å². The highest BCUT2D eigenvalue weighted by atomic mass is 32.1. The molecule has 0 unspecified atom stereocenters. The van der Waals surface area contributed by atoms with E-state index in [4.69, 9.17) is 4.98 Å². The van der Waals surface area contributed by atoms with Gasteiger partial charge in [0.1, 0.15) is 0 Å². The maximum Gasteiger partial charge on any atom is 0.356 e. The highest BCUT2D eigenvalue weighted by Crippen LogP contribution is 2.32. The highest BCUT2D eigenvalue weighted by molar-refractivity contribution is 7.22. The SMILES string of the molecule is C=CCN(CC)c1nc2c(Cn3nc(C(=O)O)cc3C)cc(C=C)cc2s1. The van der Waals surface area contributed by atoms with Crippen molar-refractivity contribution in [2.75, 3.05) is 18.0 Å². The maximum atomic E-state index is 11.2. The Hall–Kier alpha value is -2.93. The zero-order valence-electron chi connectivity index (χ0n) is 15.5. The number of nitrogens with zero attached hydrogens (tertiary/aromatic N) is 4. The molecule has 27 heavy (non-hydrogen) atoms. The quantitative estimate of drug-likeness (QED) is 0.591. The summed E-state index contributed by atoms with van der Waals surface area (Å²) < 4.78 is 2.77. The fourth-order valence-electron chi connectivity index (χ4n) is 2.92. The van der Waals surface area contributed by atoms with Gasteiger partial charge in [-0.2, -0.15) is 5.10 Å². The topological polar surface area (TPSA) is 71.2 Å². The average Bonchev–Trinajstić information content (AvgIpc) is 3.23. The molecule has 7 heteroatoms. The van der Waals surface area contributed by atoms with Crippen LogP contribution in [0.4, 0.5) is 5.13 Å². The lowest BCUT2D eigenvalue weighted by atomic mass is 10.1. The Morgan fingerprint density at radius 1 is 1.37 bits per heavy atom. The summed E-state index contributed by atoms with van der Waals surface area (Å²) in [6.07, 6.45) is 3.68. The molecule has 0 aliphatic rings. The first-order valence-electron chi connectivity index (χ1n) is 8.66. The minimum Gasteiger partial charge on any atom is -0.476 e. The molecule has 6 nitrogen and oxygen atoms in total. The number of thiazole rings is 1.